The number of rotatable bonds is 4. The molecule has 1 amide bonds. The highest BCUT2D eigenvalue weighted by atomic mass is 32.1. The van der Waals surface area contributed by atoms with E-state index in [1.807, 2.05) is 54.5 Å². The first-order chi connectivity index (χ1) is 10.2. The summed E-state index contributed by atoms with van der Waals surface area (Å²) in [5.41, 5.74) is 2.55. The first-order valence-corrected chi connectivity index (χ1v) is 7.97. The van der Waals surface area contributed by atoms with Crippen molar-refractivity contribution in [3.05, 3.63) is 47.5 Å². The second-order valence-corrected chi connectivity index (χ2v) is 5.77. The van der Waals surface area contributed by atoms with Gasteiger partial charge in [0.15, 0.2) is 0 Å². The summed E-state index contributed by atoms with van der Waals surface area (Å²) in [5, 5.41) is 3.00. The number of hydrogen-bond acceptors (Lipinski definition) is 3. The summed E-state index contributed by atoms with van der Waals surface area (Å²) in [4.78, 5) is 15.5. The van der Waals surface area contributed by atoms with Crippen LogP contribution in [-0.4, -0.2) is 23.9 Å². The third-order valence-electron chi connectivity index (χ3n) is 3.64. The first kappa shape index (κ1) is 13.9. The predicted molar refractivity (Wildman–Crippen MR) is 86.8 cm³/mol. The first-order valence-electron chi connectivity index (χ1n) is 7.09. The van der Waals surface area contributed by atoms with E-state index in [1.54, 1.807) is 17.6 Å². The van der Waals surface area contributed by atoms with E-state index in [-0.39, 0.29) is 5.91 Å². The quantitative estimate of drug-likeness (QED) is 0.703. The van der Waals surface area contributed by atoms with Crippen LogP contribution in [0.15, 0.2) is 46.4 Å². The highest BCUT2D eigenvalue weighted by Crippen LogP contribution is 2.34. The van der Waals surface area contributed by atoms with Crippen molar-refractivity contribution in [1.29, 1.82) is 0 Å². The van der Waals surface area contributed by atoms with E-state index in [1.165, 1.54) is 0 Å². The molecule has 0 bridgehead atoms. The van der Waals surface area contributed by atoms with Crippen LogP contribution in [0.25, 0.3) is 21.4 Å². The van der Waals surface area contributed by atoms with E-state index in [4.69, 9.17) is 4.42 Å². The molecule has 3 rings (SSSR count). The Morgan fingerprint density at radius 2 is 2.05 bits per heavy atom. The van der Waals surface area contributed by atoms with Crippen LogP contribution < -0.4 is 0 Å². The molecule has 0 atom stereocenters. The fourth-order valence-corrected chi connectivity index (χ4v) is 3.25. The molecule has 2 aromatic heterocycles. The van der Waals surface area contributed by atoms with Gasteiger partial charge in [0.1, 0.15) is 5.58 Å². The van der Waals surface area contributed by atoms with Crippen molar-refractivity contribution < 1.29 is 9.21 Å². The summed E-state index contributed by atoms with van der Waals surface area (Å²) in [5.74, 6) is 0.0703. The van der Waals surface area contributed by atoms with Crippen LogP contribution in [-0.2, 0) is 0 Å². The Bertz CT molecular complexity index is 754. The minimum Gasteiger partial charge on any atom is -0.464 e. The number of hydrogen-bond donors (Lipinski definition) is 0. The van der Waals surface area contributed by atoms with Crippen molar-refractivity contribution in [3.63, 3.8) is 0 Å². The molecule has 0 radical (unpaired) electrons. The van der Waals surface area contributed by atoms with E-state index in [2.05, 4.69) is 0 Å². The van der Waals surface area contributed by atoms with Crippen LogP contribution in [0.2, 0.25) is 0 Å². The Morgan fingerprint density at radius 3 is 2.71 bits per heavy atom. The average molecular weight is 299 g/mol. The number of carbonyl (C=O) groups excluding carboxylic acids is 1. The number of amides is 1. The molecule has 108 valence electrons. The molecule has 21 heavy (non-hydrogen) atoms. The zero-order valence-electron chi connectivity index (χ0n) is 12.1. The summed E-state index contributed by atoms with van der Waals surface area (Å²) >= 11 is 1.65. The van der Waals surface area contributed by atoms with Gasteiger partial charge in [-0.2, -0.15) is 0 Å². The van der Waals surface area contributed by atoms with Crippen molar-refractivity contribution in [1.82, 2.24) is 4.90 Å². The van der Waals surface area contributed by atoms with Crippen molar-refractivity contribution in [2.24, 2.45) is 0 Å². The lowest BCUT2D eigenvalue weighted by molar-refractivity contribution is 0.0773. The van der Waals surface area contributed by atoms with Gasteiger partial charge in [0, 0.05) is 34.5 Å². The van der Waals surface area contributed by atoms with Crippen LogP contribution in [0.5, 0.6) is 0 Å². The molecule has 0 spiro atoms. The molecule has 1 aromatic carbocycles. The second-order valence-electron chi connectivity index (χ2n) is 4.82. The summed E-state index contributed by atoms with van der Waals surface area (Å²) < 4.78 is 5.60. The average Bonchev–Trinajstić information content (AvgIpc) is 3.18. The molecular formula is C17H17NO2S. The predicted octanol–water partition coefficient (Wildman–Crippen LogP) is 4.64. The zero-order chi connectivity index (χ0) is 14.8. The van der Waals surface area contributed by atoms with Gasteiger partial charge in [-0.05, 0) is 43.5 Å². The molecule has 0 N–H and O–H groups in total. The Morgan fingerprint density at radius 1 is 1.24 bits per heavy atom. The third-order valence-corrected chi connectivity index (χ3v) is 4.54. The molecule has 2 heterocycles. The van der Waals surface area contributed by atoms with E-state index in [0.29, 0.717) is 13.1 Å². The number of carbonyl (C=O) groups is 1. The fourth-order valence-electron chi connectivity index (χ4n) is 2.51. The van der Waals surface area contributed by atoms with Gasteiger partial charge in [-0.1, -0.05) is 6.07 Å². The van der Waals surface area contributed by atoms with Gasteiger partial charge in [-0.25, -0.2) is 0 Å². The van der Waals surface area contributed by atoms with Crippen LogP contribution in [0, 0.1) is 0 Å². The molecule has 0 saturated carbocycles. The fraction of sp³-hybridized carbons (Fsp3) is 0.235. The smallest absolute Gasteiger partial charge is 0.253 e. The lowest BCUT2D eigenvalue weighted by Gasteiger charge is -2.19. The number of fused-ring (bicyclic) bond motifs is 1. The van der Waals surface area contributed by atoms with Crippen LogP contribution in [0.1, 0.15) is 24.2 Å². The third kappa shape index (κ3) is 2.47. The van der Waals surface area contributed by atoms with Gasteiger partial charge in [0.2, 0.25) is 0 Å². The number of nitrogens with zero attached hydrogens (tertiary/aromatic N) is 1. The molecule has 0 fully saturated rings. The Labute approximate surface area is 127 Å². The molecule has 0 saturated heterocycles. The van der Waals surface area contributed by atoms with E-state index in [0.717, 1.165) is 27.0 Å². The maximum absolute atomic E-state index is 12.6. The van der Waals surface area contributed by atoms with Crippen molar-refractivity contribution in [3.8, 4) is 10.4 Å². The monoisotopic (exact) mass is 299 g/mol. The Balaban J connectivity index is 2.15. The molecular weight excluding hydrogens is 282 g/mol. The molecule has 4 heteroatoms. The number of furan rings is 1. The largest absolute Gasteiger partial charge is 0.464 e. The van der Waals surface area contributed by atoms with Crippen LogP contribution in [0.4, 0.5) is 0 Å². The van der Waals surface area contributed by atoms with E-state index in [9.17, 15) is 4.79 Å². The van der Waals surface area contributed by atoms with Gasteiger partial charge in [0.05, 0.1) is 6.26 Å². The van der Waals surface area contributed by atoms with Gasteiger partial charge in [-0.3, -0.25) is 4.79 Å². The maximum atomic E-state index is 12.6. The van der Waals surface area contributed by atoms with Crippen LogP contribution >= 0.6 is 11.3 Å². The van der Waals surface area contributed by atoms with Gasteiger partial charge in [0.25, 0.3) is 5.91 Å². The molecule has 0 aliphatic carbocycles. The lowest BCUT2D eigenvalue weighted by Crippen LogP contribution is -2.30. The van der Waals surface area contributed by atoms with Gasteiger partial charge < -0.3 is 9.32 Å². The molecule has 3 aromatic rings. The maximum Gasteiger partial charge on any atom is 0.253 e. The van der Waals surface area contributed by atoms with Crippen molar-refractivity contribution in [2.75, 3.05) is 13.1 Å². The molecule has 0 aliphatic rings. The minimum atomic E-state index is 0.0703. The highest BCUT2D eigenvalue weighted by Gasteiger charge is 2.17. The molecule has 0 unspecified atom stereocenters. The summed E-state index contributed by atoms with van der Waals surface area (Å²) in [6, 6.07) is 9.82. The summed E-state index contributed by atoms with van der Waals surface area (Å²) in [7, 11) is 0. The van der Waals surface area contributed by atoms with Crippen molar-refractivity contribution in [2.45, 2.75) is 13.8 Å². The highest BCUT2D eigenvalue weighted by molar-refractivity contribution is 7.13. The summed E-state index contributed by atoms with van der Waals surface area (Å²) in [6.45, 7) is 5.43. The SMILES string of the molecule is CCN(CC)C(=O)c1cc(-c2cccs2)c2occc2c1. The van der Waals surface area contributed by atoms with Gasteiger partial charge >= 0.3 is 0 Å². The zero-order valence-corrected chi connectivity index (χ0v) is 12.9. The van der Waals surface area contributed by atoms with Gasteiger partial charge in [-0.15, -0.1) is 11.3 Å². The van der Waals surface area contributed by atoms with E-state index >= 15 is 0 Å². The Kier molecular flexibility index (Phi) is 3.80. The van der Waals surface area contributed by atoms with Crippen molar-refractivity contribution >= 4 is 28.2 Å². The lowest BCUT2D eigenvalue weighted by atomic mass is 10.0. The molecule has 0 aliphatic heterocycles. The number of benzene rings is 1. The van der Waals surface area contributed by atoms with Crippen LogP contribution in [0.3, 0.4) is 0 Å². The molecule has 3 nitrogen and oxygen atoms in total. The topological polar surface area (TPSA) is 33.5 Å². The normalized spacial score (nSPS) is 11.0. The Hall–Kier alpha value is -2.07. The minimum absolute atomic E-state index is 0.0703. The standard InChI is InChI=1S/C17H17NO2S/c1-3-18(4-2)17(19)13-10-12-7-8-20-16(12)14(11-13)15-6-5-9-21-15/h5-11H,3-4H2,1-2H3. The summed E-state index contributed by atoms with van der Waals surface area (Å²) in [6.07, 6.45) is 1.67. The van der Waals surface area contributed by atoms with E-state index < -0.39 is 0 Å². The second kappa shape index (κ2) is 5.74. The number of thiophene rings is 1.